The van der Waals surface area contributed by atoms with Crippen molar-refractivity contribution >= 4 is 17.8 Å². The van der Waals surface area contributed by atoms with Crippen molar-refractivity contribution in [2.45, 2.75) is 46.6 Å². The molecule has 0 aliphatic carbocycles. The summed E-state index contributed by atoms with van der Waals surface area (Å²) in [6, 6.07) is 0.251. The minimum absolute atomic E-state index is 0.134. The first-order chi connectivity index (χ1) is 8.86. The Bertz CT molecular complexity index is 433. The lowest BCUT2D eigenvalue weighted by Gasteiger charge is -2.28. The van der Waals surface area contributed by atoms with E-state index in [9.17, 15) is 0 Å². The van der Waals surface area contributed by atoms with Gasteiger partial charge >= 0.3 is 0 Å². The second kappa shape index (κ2) is 5.19. The second-order valence-corrected chi connectivity index (χ2v) is 6.24. The largest absolute Gasteiger partial charge is 0.368 e. The van der Waals surface area contributed by atoms with E-state index >= 15 is 0 Å². The van der Waals surface area contributed by atoms with Gasteiger partial charge in [-0.3, -0.25) is 0 Å². The average Bonchev–Trinajstić information content (AvgIpc) is 2.80. The van der Waals surface area contributed by atoms with Crippen molar-refractivity contribution in [2.75, 3.05) is 29.0 Å². The van der Waals surface area contributed by atoms with E-state index in [4.69, 9.17) is 5.73 Å². The first kappa shape index (κ1) is 13.8. The van der Waals surface area contributed by atoms with Gasteiger partial charge in [0.05, 0.1) is 0 Å². The lowest BCUT2D eigenvalue weighted by atomic mass is 9.88. The Hall–Kier alpha value is -1.59. The molecule has 0 aromatic carbocycles. The molecule has 106 valence electrons. The SMILES string of the molecule is CC(Nc1nc(N)nc(N2CCCC2)n1)C(C)(C)C. The molecule has 6 nitrogen and oxygen atoms in total. The summed E-state index contributed by atoms with van der Waals surface area (Å²) in [4.78, 5) is 15.0. The summed E-state index contributed by atoms with van der Waals surface area (Å²) in [5.74, 6) is 1.53. The normalized spacial score (nSPS) is 17.6. The summed E-state index contributed by atoms with van der Waals surface area (Å²) in [6.07, 6.45) is 2.37. The standard InChI is InChI=1S/C13H24N6/c1-9(13(2,3)4)15-11-16-10(14)17-12(18-11)19-7-5-6-8-19/h9H,5-8H2,1-4H3,(H3,14,15,16,17,18). The maximum absolute atomic E-state index is 5.78. The highest BCUT2D eigenvalue weighted by molar-refractivity contribution is 5.42. The van der Waals surface area contributed by atoms with E-state index in [1.165, 1.54) is 12.8 Å². The van der Waals surface area contributed by atoms with Crippen molar-refractivity contribution < 1.29 is 0 Å². The van der Waals surface area contributed by atoms with E-state index in [2.05, 4.69) is 52.9 Å². The number of hydrogen-bond acceptors (Lipinski definition) is 6. The van der Waals surface area contributed by atoms with Gasteiger partial charge in [-0.15, -0.1) is 0 Å². The number of anilines is 3. The first-order valence-electron chi connectivity index (χ1n) is 6.89. The number of nitrogens with one attached hydrogen (secondary N) is 1. The van der Waals surface area contributed by atoms with Crippen molar-refractivity contribution in [3.63, 3.8) is 0 Å². The molecular formula is C13H24N6. The zero-order valence-electron chi connectivity index (χ0n) is 12.3. The molecule has 0 radical (unpaired) electrons. The lowest BCUT2D eigenvalue weighted by molar-refractivity contribution is 0.358. The summed E-state index contributed by atoms with van der Waals surface area (Å²) in [7, 11) is 0. The topological polar surface area (TPSA) is 80.0 Å². The fraction of sp³-hybridized carbons (Fsp3) is 0.769. The molecule has 1 saturated heterocycles. The van der Waals surface area contributed by atoms with Gasteiger partial charge in [0, 0.05) is 19.1 Å². The summed E-state index contributed by atoms with van der Waals surface area (Å²) < 4.78 is 0. The predicted octanol–water partition coefficient (Wildman–Crippen LogP) is 1.90. The van der Waals surface area contributed by atoms with Gasteiger partial charge in [-0.25, -0.2) is 0 Å². The van der Waals surface area contributed by atoms with Crippen molar-refractivity contribution in [2.24, 2.45) is 5.41 Å². The molecule has 3 N–H and O–H groups in total. The maximum Gasteiger partial charge on any atom is 0.231 e. The zero-order chi connectivity index (χ0) is 14.0. The zero-order valence-corrected chi connectivity index (χ0v) is 12.3. The van der Waals surface area contributed by atoms with Crippen LogP contribution in [0.4, 0.5) is 17.8 Å². The van der Waals surface area contributed by atoms with Crippen LogP contribution in [0.2, 0.25) is 0 Å². The average molecular weight is 264 g/mol. The number of rotatable bonds is 3. The third-order valence-corrected chi connectivity index (χ3v) is 3.67. The fourth-order valence-corrected chi connectivity index (χ4v) is 1.91. The van der Waals surface area contributed by atoms with Gasteiger partial charge in [-0.2, -0.15) is 15.0 Å². The Morgan fingerprint density at radius 2 is 1.79 bits per heavy atom. The molecule has 1 fully saturated rings. The van der Waals surface area contributed by atoms with Gasteiger partial charge in [0.15, 0.2) is 0 Å². The highest BCUT2D eigenvalue weighted by Crippen LogP contribution is 2.23. The van der Waals surface area contributed by atoms with Crippen molar-refractivity contribution in [3.8, 4) is 0 Å². The second-order valence-electron chi connectivity index (χ2n) is 6.24. The van der Waals surface area contributed by atoms with Crippen molar-refractivity contribution in [1.29, 1.82) is 0 Å². The molecule has 6 heteroatoms. The Morgan fingerprint density at radius 3 is 2.37 bits per heavy atom. The number of nitrogens with two attached hydrogens (primary N) is 1. The lowest BCUT2D eigenvalue weighted by Crippen LogP contribution is -2.32. The molecule has 0 amide bonds. The summed E-state index contributed by atoms with van der Waals surface area (Å²) >= 11 is 0. The summed E-state index contributed by atoms with van der Waals surface area (Å²) in [5.41, 5.74) is 5.92. The van der Waals surface area contributed by atoms with Crippen LogP contribution in [0.25, 0.3) is 0 Å². The van der Waals surface area contributed by atoms with Gasteiger partial charge in [-0.05, 0) is 25.2 Å². The van der Waals surface area contributed by atoms with Crippen LogP contribution in [-0.4, -0.2) is 34.1 Å². The van der Waals surface area contributed by atoms with Gasteiger partial charge in [0.25, 0.3) is 0 Å². The molecule has 2 rings (SSSR count). The highest BCUT2D eigenvalue weighted by Gasteiger charge is 2.22. The first-order valence-corrected chi connectivity index (χ1v) is 6.89. The van der Waals surface area contributed by atoms with Crippen molar-refractivity contribution in [3.05, 3.63) is 0 Å². The van der Waals surface area contributed by atoms with Crippen LogP contribution >= 0.6 is 0 Å². The van der Waals surface area contributed by atoms with E-state index in [0.717, 1.165) is 13.1 Å². The molecule has 1 unspecified atom stereocenters. The van der Waals surface area contributed by atoms with Crippen molar-refractivity contribution in [1.82, 2.24) is 15.0 Å². The van der Waals surface area contributed by atoms with Gasteiger partial charge in [0.1, 0.15) is 0 Å². The van der Waals surface area contributed by atoms with E-state index in [-0.39, 0.29) is 17.4 Å². The Morgan fingerprint density at radius 1 is 1.16 bits per heavy atom. The van der Waals surface area contributed by atoms with E-state index in [1.807, 2.05) is 0 Å². The monoisotopic (exact) mass is 264 g/mol. The van der Waals surface area contributed by atoms with E-state index in [0.29, 0.717) is 11.9 Å². The molecule has 1 aromatic rings. The molecule has 0 saturated carbocycles. The molecule has 1 aromatic heterocycles. The van der Waals surface area contributed by atoms with Crippen LogP contribution in [0.1, 0.15) is 40.5 Å². The molecule has 1 atom stereocenters. The minimum Gasteiger partial charge on any atom is -0.368 e. The molecule has 19 heavy (non-hydrogen) atoms. The number of hydrogen-bond donors (Lipinski definition) is 2. The van der Waals surface area contributed by atoms with Gasteiger partial charge < -0.3 is 16.0 Å². The molecule has 1 aliphatic rings. The van der Waals surface area contributed by atoms with Crippen LogP contribution in [-0.2, 0) is 0 Å². The summed E-state index contributed by atoms with van der Waals surface area (Å²) in [6.45, 7) is 10.6. The number of aromatic nitrogens is 3. The van der Waals surface area contributed by atoms with Crippen LogP contribution in [0.3, 0.4) is 0 Å². The van der Waals surface area contributed by atoms with Crippen LogP contribution < -0.4 is 16.0 Å². The van der Waals surface area contributed by atoms with E-state index < -0.39 is 0 Å². The van der Waals surface area contributed by atoms with Crippen LogP contribution in [0.15, 0.2) is 0 Å². The van der Waals surface area contributed by atoms with Gasteiger partial charge in [-0.1, -0.05) is 20.8 Å². The number of nitrogens with zero attached hydrogens (tertiary/aromatic N) is 4. The third kappa shape index (κ3) is 3.45. The molecule has 0 bridgehead atoms. The minimum atomic E-state index is 0.134. The van der Waals surface area contributed by atoms with Crippen LogP contribution in [0.5, 0.6) is 0 Å². The number of nitrogen functional groups attached to an aromatic ring is 1. The molecule has 2 heterocycles. The van der Waals surface area contributed by atoms with Gasteiger partial charge in [0.2, 0.25) is 17.8 Å². The molecular weight excluding hydrogens is 240 g/mol. The predicted molar refractivity (Wildman–Crippen MR) is 78.2 cm³/mol. The third-order valence-electron chi connectivity index (χ3n) is 3.67. The van der Waals surface area contributed by atoms with Crippen LogP contribution in [0, 0.1) is 5.41 Å². The quantitative estimate of drug-likeness (QED) is 0.868. The fourth-order valence-electron chi connectivity index (χ4n) is 1.91. The molecule has 0 spiro atoms. The highest BCUT2D eigenvalue weighted by atomic mass is 15.3. The molecule has 1 aliphatic heterocycles. The maximum atomic E-state index is 5.78. The Balaban J connectivity index is 2.17. The smallest absolute Gasteiger partial charge is 0.231 e. The van der Waals surface area contributed by atoms with E-state index in [1.54, 1.807) is 0 Å². The Labute approximate surface area is 114 Å². The Kier molecular flexibility index (Phi) is 3.78. The summed E-state index contributed by atoms with van der Waals surface area (Å²) in [5, 5.41) is 3.32.